The molecule has 2 N–H and O–H groups in total. The Morgan fingerprint density at radius 1 is 1.14 bits per heavy atom. The Hall–Kier alpha value is -3.60. The number of carbonyl (C=O) groups is 1. The Kier molecular flexibility index (Phi) is 7.31. The van der Waals surface area contributed by atoms with Crippen LogP contribution in [-0.4, -0.2) is 66.6 Å². The van der Waals surface area contributed by atoms with Crippen molar-refractivity contribution < 1.29 is 22.7 Å². The fourth-order valence-electron chi connectivity index (χ4n) is 4.82. The molecule has 196 valence electrons. The smallest absolute Gasteiger partial charge is 0.317 e. The number of nitrogens with zero attached hydrogens (tertiary/aromatic N) is 4. The third kappa shape index (κ3) is 5.41. The van der Waals surface area contributed by atoms with Gasteiger partial charge in [-0.3, -0.25) is 0 Å². The van der Waals surface area contributed by atoms with Crippen molar-refractivity contribution in [2.45, 2.75) is 31.9 Å². The number of piperazine rings is 1. The van der Waals surface area contributed by atoms with Gasteiger partial charge in [0, 0.05) is 49.4 Å². The highest BCUT2D eigenvalue weighted by molar-refractivity contribution is 5.93. The number of anilines is 2. The minimum absolute atomic E-state index is 0.0625. The Bertz CT molecular complexity index is 1260. The first kappa shape index (κ1) is 25.1. The average Bonchev–Trinajstić information content (AvgIpc) is 3.41. The summed E-state index contributed by atoms with van der Waals surface area (Å²) >= 11 is 0. The lowest BCUT2D eigenvalue weighted by Gasteiger charge is -2.36. The lowest BCUT2D eigenvalue weighted by atomic mass is 10.0. The van der Waals surface area contributed by atoms with Crippen molar-refractivity contribution in [1.29, 1.82) is 0 Å². The number of amides is 2. The topological polar surface area (TPSA) is 82.6 Å². The Balaban J connectivity index is 1.30. The number of benzene rings is 2. The summed E-state index contributed by atoms with van der Waals surface area (Å²) in [6.07, 6.45) is -0.501. The van der Waals surface area contributed by atoms with Crippen LogP contribution < -0.4 is 15.5 Å². The van der Waals surface area contributed by atoms with Gasteiger partial charge in [0.05, 0.1) is 41.7 Å². The summed E-state index contributed by atoms with van der Waals surface area (Å²) in [4.78, 5) is 16.6. The molecule has 0 radical (unpaired) electrons. The Morgan fingerprint density at radius 2 is 1.92 bits per heavy atom. The summed E-state index contributed by atoms with van der Waals surface area (Å²) in [5, 5.41) is 15.3. The van der Waals surface area contributed by atoms with Crippen LogP contribution in [0.1, 0.15) is 36.9 Å². The maximum Gasteiger partial charge on any atom is 0.317 e. The van der Waals surface area contributed by atoms with Gasteiger partial charge in [0.25, 0.3) is 6.43 Å². The van der Waals surface area contributed by atoms with E-state index in [4.69, 9.17) is 4.74 Å². The highest BCUT2D eigenvalue weighted by Gasteiger charge is 2.25. The van der Waals surface area contributed by atoms with E-state index in [2.05, 4.69) is 25.7 Å². The molecule has 2 amide bonds. The zero-order valence-electron chi connectivity index (χ0n) is 20.5. The highest BCUT2D eigenvalue weighted by Crippen LogP contribution is 2.32. The standard InChI is InChI=1S/C26H29F3N6O2/c1-16(19-3-2-4-20(24(19)27)25(28)29)31-23-14-30-33-22-6-5-18(13-21(22)23)34-8-10-35(11-9-34)26(36)32-17-7-12-37-15-17/h2-6,13-14,16-17,25H,7-12,15H2,1H3,(H,31,33)(H,32,36)/t16-,17?/m1/s1. The number of hydrogen-bond donors (Lipinski definition) is 2. The summed E-state index contributed by atoms with van der Waals surface area (Å²) in [5.74, 6) is -0.910. The van der Waals surface area contributed by atoms with Crippen LogP contribution in [0.15, 0.2) is 42.6 Å². The zero-order valence-corrected chi connectivity index (χ0v) is 20.5. The zero-order chi connectivity index (χ0) is 25.9. The molecule has 3 aromatic rings. The van der Waals surface area contributed by atoms with E-state index in [0.717, 1.165) is 23.6 Å². The molecule has 0 saturated carbocycles. The average molecular weight is 515 g/mol. The predicted octanol–water partition coefficient (Wildman–Crippen LogP) is 4.50. The Labute approximate surface area is 212 Å². The minimum Gasteiger partial charge on any atom is -0.379 e. The van der Waals surface area contributed by atoms with Gasteiger partial charge in [-0.1, -0.05) is 18.2 Å². The molecule has 2 aliphatic rings. The SMILES string of the molecule is C[C@@H](Nc1cnnc2ccc(N3CCN(C(=O)NC4CCOC4)CC3)cc12)c1cccc(C(F)F)c1F. The molecule has 5 rings (SSSR count). The molecule has 11 heteroatoms. The summed E-state index contributed by atoms with van der Waals surface area (Å²) in [5.41, 5.74) is 1.77. The van der Waals surface area contributed by atoms with E-state index < -0.39 is 23.8 Å². The molecule has 1 unspecified atom stereocenters. The molecule has 37 heavy (non-hydrogen) atoms. The van der Waals surface area contributed by atoms with Gasteiger partial charge >= 0.3 is 6.03 Å². The molecule has 2 aromatic carbocycles. The molecule has 0 aliphatic carbocycles. The predicted molar refractivity (Wildman–Crippen MR) is 134 cm³/mol. The number of alkyl halides is 2. The number of fused-ring (bicyclic) bond motifs is 1. The number of carbonyl (C=O) groups excluding carboxylic acids is 1. The van der Waals surface area contributed by atoms with Crippen LogP contribution in [-0.2, 0) is 4.74 Å². The van der Waals surface area contributed by atoms with Crippen LogP contribution in [0, 0.1) is 5.82 Å². The third-order valence-corrected chi connectivity index (χ3v) is 6.94. The normalized spacial score (nSPS) is 18.9. The van der Waals surface area contributed by atoms with E-state index in [9.17, 15) is 18.0 Å². The van der Waals surface area contributed by atoms with Crippen molar-refractivity contribution in [2.75, 3.05) is 49.6 Å². The van der Waals surface area contributed by atoms with Crippen LogP contribution in [0.5, 0.6) is 0 Å². The number of rotatable bonds is 6. The molecule has 2 saturated heterocycles. The highest BCUT2D eigenvalue weighted by atomic mass is 19.3. The van der Waals surface area contributed by atoms with E-state index in [0.29, 0.717) is 50.6 Å². The molecule has 2 fully saturated rings. The molecule has 2 aliphatic heterocycles. The van der Waals surface area contributed by atoms with Gasteiger partial charge in [0.1, 0.15) is 5.82 Å². The van der Waals surface area contributed by atoms with Gasteiger partial charge < -0.3 is 25.2 Å². The van der Waals surface area contributed by atoms with Gasteiger partial charge in [0.15, 0.2) is 0 Å². The van der Waals surface area contributed by atoms with E-state index in [-0.39, 0.29) is 17.6 Å². The van der Waals surface area contributed by atoms with Gasteiger partial charge in [-0.15, -0.1) is 0 Å². The summed E-state index contributed by atoms with van der Waals surface area (Å²) < 4.78 is 46.4. The van der Waals surface area contributed by atoms with E-state index in [1.807, 2.05) is 23.1 Å². The van der Waals surface area contributed by atoms with Gasteiger partial charge in [-0.2, -0.15) is 10.2 Å². The fraction of sp³-hybridized carbons (Fsp3) is 0.423. The number of urea groups is 1. The number of hydrogen-bond acceptors (Lipinski definition) is 6. The molecule has 1 aromatic heterocycles. The lowest BCUT2D eigenvalue weighted by Crippen LogP contribution is -2.53. The fourth-order valence-corrected chi connectivity index (χ4v) is 4.82. The lowest BCUT2D eigenvalue weighted by molar-refractivity contribution is 0.146. The molecular weight excluding hydrogens is 485 g/mol. The molecule has 2 atom stereocenters. The first-order chi connectivity index (χ1) is 17.9. The molecule has 3 heterocycles. The van der Waals surface area contributed by atoms with Gasteiger partial charge in [-0.05, 0) is 31.5 Å². The second-order valence-corrected chi connectivity index (χ2v) is 9.36. The van der Waals surface area contributed by atoms with E-state index in [1.165, 1.54) is 12.1 Å². The van der Waals surface area contributed by atoms with Crippen molar-refractivity contribution in [3.05, 3.63) is 59.5 Å². The van der Waals surface area contributed by atoms with Gasteiger partial charge in [-0.25, -0.2) is 18.0 Å². The number of halogens is 3. The van der Waals surface area contributed by atoms with Crippen LogP contribution in [0.3, 0.4) is 0 Å². The molecule has 0 bridgehead atoms. The van der Waals surface area contributed by atoms with Crippen LogP contribution in [0.25, 0.3) is 10.9 Å². The third-order valence-electron chi connectivity index (χ3n) is 6.94. The van der Waals surface area contributed by atoms with Crippen molar-refractivity contribution >= 4 is 28.3 Å². The molecular formula is C26H29F3N6O2. The summed E-state index contributed by atoms with van der Waals surface area (Å²) in [7, 11) is 0. The minimum atomic E-state index is -2.89. The Morgan fingerprint density at radius 3 is 2.65 bits per heavy atom. The largest absolute Gasteiger partial charge is 0.379 e. The van der Waals surface area contributed by atoms with Crippen LogP contribution >= 0.6 is 0 Å². The van der Waals surface area contributed by atoms with Crippen molar-refractivity contribution in [1.82, 2.24) is 20.4 Å². The monoisotopic (exact) mass is 514 g/mol. The van der Waals surface area contributed by atoms with Crippen molar-refractivity contribution in [3.63, 3.8) is 0 Å². The van der Waals surface area contributed by atoms with Crippen LogP contribution in [0.2, 0.25) is 0 Å². The second-order valence-electron chi connectivity index (χ2n) is 9.36. The summed E-state index contributed by atoms with van der Waals surface area (Å²) in [6.45, 7) is 5.48. The maximum atomic E-state index is 14.7. The maximum absolute atomic E-state index is 14.7. The van der Waals surface area contributed by atoms with E-state index in [1.54, 1.807) is 13.1 Å². The quantitative estimate of drug-likeness (QED) is 0.504. The van der Waals surface area contributed by atoms with E-state index >= 15 is 0 Å². The number of aromatic nitrogens is 2. The first-order valence-electron chi connectivity index (χ1n) is 12.4. The number of nitrogens with one attached hydrogen (secondary N) is 2. The second kappa shape index (κ2) is 10.8. The van der Waals surface area contributed by atoms with Crippen LogP contribution in [0.4, 0.5) is 29.3 Å². The molecule has 0 spiro atoms. The van der Waals surface area contributed by atoms with Crippen molar-refractivity contribution in [2.24, 2.45) is 0 Å². The van der Waals surface area contributed by atoms with Crippen molar-refractivity contribution in [3.8, 4) is 0 Å². The molecule has 8 nitrogen and oxygen atoms in total. The number of ether oxygens (including phenoxy) is 1. The van der Waals surface area contributed by atoms with Gasteiger partial charge in [0.2, 0.25) is 0 Å². The first-order valence-corrected chi connectivity index (χ1v) is 12.4. The summed E-state index contributed by atoms with van der Waals surface area (Å²) in [6, 6.07) is 9.26.